The van der Waals surface area contributed by atoms with E-state index in [9.17, 15) is 14.7 Å². The molecule has 5 heteroatoms. The highest BCUT2D eigenvalue weighted by atomic mass is 79.9. The molecule has 1 aromatic carbocycles. The van der Waals surface area contributed by atoms with Crippen molar-refractivity contribution in [1.82, 2.24) is 5.32 Å². The van der Waals surface area contributed by atoms with Crippen LogP contribution in [0.15, 0.2) is 22.7 Å². The minimum atomic E-state index is -1.17. The molecular formula is C14H16BrNO3. The first-order valence-corrected chi connectivity index (χ1v) is 6.96. The van der Waals surface area contributed by atoms with Crippen molar-refractivity contribution in [3.05, 3.63) is 33.8 Å². The minimum absolute atomic E-state index is 0.0321. The Morgan fingerprint density at radius 3 is 2.53 bits per heavy atom. The molecule has 1 aromatic rings. The summed E-state index contributed by atoms with van der Waals surface area (Å²) >= 11 is 3.34. The van der Waals surface area contributed by atoms with Crippen LogP contribution in [0.4, 0.5) is 0 Å². The van der Waals surface area contributed by atoms with Crippen molar-refractivity contribution in [3.63, 3.8) is 0 Å². The van der Waals surface area contributed by atoms with E-state index in [2.05, 4.69) is 21.2 Å². The second kappa shape index (κ2) is 4.96. The first-order chi connectivity index (χ1) is 8.84. The molecule has 1 aliphatic rings. The summed E-state index contributed by atoms with van der Waals surface area (Å²) in [6, 6.07) is 5.31. The summed E-state index contributed by atoms with van der Waals surface area (Å²) in [6.07, 6.45) is 1.70. The van der Waals surface area contributed by atoms with Gasteiger partial charge in [-0.1, -0.05) is 15.9 Å². The van der Waals surface area contributed by atoms with E-state index in [1.54, 1.807) is 19.1 Å². The lowest BCUT2D eigenvalue weighted by atomic mass is 9.95. The first-order valence-electron chi connectivity index (χ1n) is 6.16. The molecule has 1 fully saturated rings. The molecule has 0 saturated heterocycles. The zero-order chi connectivity index (χ0) is 14.2. The van der Waals surface area contributed by atoms with E-state index >= 15 is 0 Å². The number of benzene rings is 1. The lowest BCUT2D eigenvalue weighted by molar-refractivity contribution is -0.144. The molecule has 0 heterocycles. The highest BCUT2D eigenvalue weighted by molar-refractivity contribution is 9.10. The molecule has 1 aliphatic carbocycles. The molecule has 1 unspecified atom stereocenters. The van der Waals surface area contributed by atoms with Crippen molar-refractivity contribution in [3.8, 4) is 0 Å². The van der Waals surface area contributed by atoms with E-state index in [4.69, 9.17) is 0 Å². The van der Waals surface area contributed by atoms with Crippen molar-refractivity contribution in [2.75, 3.05) is 0 Å². The molecular weight excluding hydrogens is 310 g/mol. The molecule has 2 N–H and O–H groups in total. The van der Waals surface area contributed by atoms with Crippen LogP contribution in [-0.2, 0) is 4.79 Å². The number of carboxylic acids is 1. The monoisotopic (exact) mass is 325 g/mol. The summed E-state index contributed by atoms with van der Waals surface area (Å²) in [7, 11) is 0. The van der Waals surface area contributed by atoms with Gasteiger partial charge in [-0.05, 0) is 56.4 Å². The zero-order valence-corrected chi connectivity index (χ0v) is 12.5. The Hall–Kier alpha value is -1.36. The molecule has 0 aromatic heterocycles. The van der Waals surface area contributed by atoms with Gasteiger partial charge in [0.15, 0.2) is 0 Å². The summed E-state index contributed by atoms with van der Waals surface area (Å²) in [6.45, 7) is 3.41. The van der Waals surface area contributed by atoms with E-state index in [0.717, 1.165) is 22.9 Å². The Kier molecular flexibility index (Phi) is 3.67. The number of nitrogens with one attached hydrogen (secondary N) is 1. The average molecular weight is 326 g/mol. The lowest BCUT2D eigenvalue weighted by Crippen LogP contribution is -2.54. The molecule has 2 rings (SSSR count). The number of hydrogen-bond donors (Lipinski definition) is 2. The van der Waals surface area contributed by atoms with Crippen LogP contribution in [-0.4, -0.2) is 22.5 Å². The SMILES string of the molecule is Cc1cc(Br)ccc1C(=O)NC(C)(C(=O)O)C1CC1. The Labute approximate surface area is 120 Å². The second-order valence-corrected chi connectivity index (χ2v) is 6.11. The van der Waals surface area contributed by atoms with Crippen LogP contribution in [0.1, 0.15) is 35.7 Å². The van der Waals surface area contributed by atoms with Gasteiger partial charge in [0, 0.05) is 10.0 Å². The number of aliphatic carboxylic acids is 1. The maximum atomic E-state index is 12.2. The maximum Gasteiger partial charge on any atom is 0.329 e. The van der Waals surface area contributed by atoms with Crippen molar-refractivity contribution in [2.24, 2.45) is 5.92 Å². The number of halogens is 1. The maximum absolute atomic E-state index is 12.2. The van der Waals surface area contributed by atoms with E-state index in [0.29, 0.717) is 5.56 Å². The number of amides is 1. The smallest absolute Gasteiger partial charge is 0.329 e. The molecule has 19 heavy (non-hydrogen) atoms. The zero-order valence-electron chi connectivity index (χ0n) is 10.9. The molecule has 1 atom stereocenters. The van der Waals surface area contributed by atoms with Crippen LogP contribution >= 0.6 is 15.9 Å². The van der Waals surface area contributed by atoms with Crippen molar-refractivity contribution in [1.29, 1.82) is 0 Å². The van der Waals surface area contributed by atoms with Gasteiger partial charge in [0.2, 0.25) is 0 Å². The van der Waals surface area contributed by atoms with Gasteiger partial charge in [0.05, 0.1) is 0 Å². The van der Waals surface area contributed by atoms with Crippen molar-refractivity contribution in [2.45, 2.75) is 32.2 Å². The summed E-state index contributed by atoms with van der Waals surface area (Å²) < 4.78 is 0.893. The van der Waals surface area contributed by atoms with Crippen LogP contribution in [0.3, 0.4) is 0 Å². The van der Waals surface area contributed by atoms with Crippen LogP contribution in [0.25, 0.3) is 0 Å². The highest BCUT2D eigenvalue weighted by Crippen LogP contribution is 2.40. The predicted molar refractivity (Wildman–Crippen MR) is 75.1 cm³/mol. The molecule has 1 amide bonds. The van der Waals surface area contributed by atoms with Crippen LogP contribution in [0, 0.1) is 12.8 Å². The van der Waals surface area contributed by atoms with Gasteiger partial charge in [-0.15, -0.1) is 0 Å². The lowest BCUT2D eigenvalue weighted by Gasteiger charge is -2.26. The predicted octanol–water partition coefficient (Wildman–Crippen LogP) is 2.74. The standard InChI is InChI=1S/C14H16BrNO3/c1-8-7-10(15)5-6-11(8)12(17)16-14(2,13(18)19)9-3-4-9/h5-7,9H,3-4H2,1-2H3,(H,16,17)(H,18,19). The Bertz CT molecular complexity index is 539. The number of carboxylic acid groups (broad SMARTS) is 1. The fraction of sp³-hybridized carbons (Fsp3) is 0.429. The van der Waals surface area contributed by atoms with Crippen LogP contribution in [0.2, 0.25) is 0 Å². The normalized spacial score (nSPS) is 17.6. The molecule has 0 bridgehead atoms. The average Bonchev–Trinajstić information content (AvgIpc) is 3.11. The molecule has 1 saturated carbocycles. The molecule has 0 spiro atoms. The van der Waals surface area contributed by atoms with Crippen LogP contribution in [0.5, 0.6) is 0 Å². The largest absolute Gasteiger partial charge is 0.480 e. The van der Waals surface area contributed by atoms with Gasteiger partial charge < -0.3 is 10.4 Å². The third-order valence-corrected chi connectivity index (χ3v) is 4.14. The number of rotatable bonds is 4. The van der Waals surface area contributed by atoms with Gasteiger partial charge in [0.25, 0.3) is 5.91 Å². The summed E-state index contributed by atoms with van der Waals surface area (Å²) in [5, 5.41) is 12.0. The summed E-state index contributed by atoms with van der Waals surface area (Å²) in [5.41, 5.74) is 0.156. The van der Waals surface area contributed by atoms with Gasteiger partial charge in [-0.3, -0.25) is 4.79 Å². The minimum Gasteiger partial charge on any atom is -0.480 e. The van der Waals surface area contributed by atoms with Gasteiger partial charge in [-0.2, -0.15) is 0 Å². The third kappa shape index (κ3) is 2.81. The van der Waals surface area contributed by atoms with E-state index in [1.165, 1.54) is 0 Å². The van der Waals surface area contributed by atoms with Gasteiger partial charge in [-0.25, -0.2) is 4.79 Å². The molecule has 102 valence electrons. The Morgan fingerprint density at radius 1 is 1.42 bits per heavy atom. The van der Waals surface area contributed by atoms with Crippen LogP contribution < -0.4 is 5.32 Å². The first kappa shape index (κ1) is 14.1. The van der Waals surface area contributed by atoms with Crippen molar-refractivity contribution < 1.29 is 14.7 Å². The topological polar surface area (TPSA) is 66.4 Å². The summed E-state index contributed by atoms with van der Waals surface area (Å²) in [4.78, 5) is 23.6. The highest BCUT2D eigenvalue weighted by Gasteiger charge is 2.48. The molecule has 0 aliphatic heterocycles. The molecule has 0 radical (unpaired) electrons. The van der Waals surface area contributed by atoms with Gasteiger partial charge >= 0.3 is 5.97 Å². The Morgan fingerprint density at radius 2 is 2.05 bits per heavy atom. The Balaban J connectivity index is 2.22. The van der Waals surface area contributed by atoms with Gasteiger partial charge in [0.1, 0.15) is 5.54 Å². The van der Waals surface area contributed by atoms with E-state index in [-0.39, 0.29) is 11.8 Å². The van der Waals surface area contributed by atoms with E-state index < -0.39 is 11.5 Å². The van der Waals surface area contributed by atoms with E-state index in [1.807, 2.05) is 13.0 Å². The number of aryl methyl sites for hydroxylation is 1. The fourth-order valence-electron chi connectivity index (χ4n) is 2.18. The van der Waals surface area contributed by atoms with Crippen molar-refractivity contribution >= 4 is 27.8 Å². The third-order valence-electron chi connectivity index (χ3n) is 3.64. The summed E-state index contributed by atoms with van der Waals surface area (Å²) in [5.74, 6) is -1.27. The number of hydrogen-bond acceptors (Lipinski definition) is 2. The number of carbonyl (C=O) groups excluding carboxylic acids is 1. The molecule has 4 nitrogen and oxygen atoms in total. The second-order valence-electron chi connectivity index (χ2n) is 5.20. The fourth-order valence-corrected chi connectivity index (χ4v) is 2.65. The number of carbonyl (C=O) groups is 2. The quantitative estimate of drug-likeness (QED) is 0.894.